The van der Waals surface area contributed by atoms with Gasteiger partial charge in [0, 0.05) is 11.5 Å². The SMILES string of the molecule is Cc1cc(C(=O)C(C)C)cc(Cl)c1O. The lowest BCUT2D eigenvalue weighted by atomic mass is 9.99. The van der Waals surface area contributed by atoms with Crippen molar-refractivity contribution in [1.82, 2.24) is 0 Å². The molecule has 0 amide bonds. The fourth-order valence-corrected chi connectivity index (χ4v) is 1.48. The summed E-state index contributed by atoms with van der Waals surface area (Å²) in [6, 6.07) is 3.16. The van der Waals surface area contributed by atoms with Gasteiger partial charge in [-0.1, -0.05) is 25.4 Å². The Hall–Kier alpha value is -1.02. The molecular weight excluding hydrogens is 200 g/mol. The first-order valence-electron chi connectivity index (χ1n) is 4.46. The van der Waals surface area contributed by atoms with Gasteiger partial charge in [0.25, 0.3) is 0 Å². The van der Waals surface area contributed by atoms with Crippen molar-refractivity contribution >= 4 is 17.4 Å². The maximum atomic E-state index is 11.6. The number of carbonyl (C=O) groups excluding carboxylic acids is 1. The van der Waals surface area contributed by atoms with Gasteiger partial charge in [0.2, 0.25) is 0 Å². The van der Waals surface area contributed by atoms with Crippen LogP contribution in [0.25, 0.3) is 0 Å². The van der Waals surface area contributed by atoms with E-state index in [2.05, 4.69) is 0 Å². The maximum Gasteiger partial charge on any atom is 0.165 e. The zero-order valence-electron chi connectivity index (χ0n) is 8.47. The highest BCUT2D eigenvalue weighted by molar-refractivity contribution is 6.32. The van der Waals surface area contributed by atoms with Crippen molar-refractivity contribution in [3.05, 3.63) is 28.3 Å². The van der Waals surface area contributed by atoms with E-state index in [1.807, 2.05) is 13.8 Å². The first kappa shape index (κ1) is 11.1. The van der Waals surface area contributed by atoms with Crippen molar-refractivity contribution in [2.75, 3.05) is 0 Å². The Morgan fingerprint density at radius 3 is 2.43 bits per heavy atom. The summed E-state index contributed by atoms with van der Waals surface area (Å²) >= 11 is 5.77. The number of rotatable bonds is 2. The normalized spacial score (nSPS) is 10.6. The van der Waals surface area contributed by atoms with Crippen LogP contribution in [0.2, 0.25) is 5.02 Å². The molecule has 1 rings (SSSR count). The summed E-state index contributed by atoms with van der Waals surface area (Å²) in [6.07, 6.45) is 0. The van der Waals surface area contributed by atoms with E-state index < -0.39 is 0 Å². The molecule has 0 atom stereocenters. The van der Waals surface area contributed by atoms with E-state index in [1.54, 1.807) is 13.0 Å². The van der Waals surface area contributed by atoms with Gasteiger partial charge in [-0.15, -0.1) is 0 Å². The number of aryl methyl sites for hydroxylation is 1. The van der Waals surface area contributed by atoms with Crippen LogP contribution in [0.5, 0.6) is 5.75 Å². The smallest absolute Gasteiger partial charge is 0.165 e. The number of hydrogen-bond donors (Lipinski definition) is 1. The molecule has 76 valence electrons. The predicted molar refractivity (Wildman–Crippen MR) is 57.0 cm³/mol. The van der Waals surface area contributed by atoms with Gasteiger partial charge in [0.15, 0.2) is 5.78 Å². The van der Waals surface area contributed by atoms with Gasteiger partial charge in [-0.2, -0.15) is 0 Å². The maximum absolute atomic E-state index is 11.6. The van der Waals surface area contributed by atoms with Crippen LogP contribution >= 0.6 is 11.6 Å². The van der Waals surface area contributed by atoms with E-state index in [4.69, 9.17) is 11.6 Å². The number of Topliss-reactive ketones (excluding diaryl/α,β-unsaturated/α-hetero) is 1. The first-order chi connectivity index (χ1) is 6.43. The number of aromatic hydroxyl groups is 1. The second kappa shape index (κ2) is 4.01. The molecule has 3 heteroatoms. The molecule has 0 saturated carbocycles. The Labute approximate surface area is 88.5 Å². The summed E-state index contributed by atoms with van der Waals surface area (Å²) in [5.74, 6) is 0.0250. The molecule has 14 heavy (non-hydrogen) atoms. The summed E-state index contributed by atoms with van der Waals surface area (Å²) in [5.41, 5.74) is 1.18. The summed E-state index contributed by atoms with van der Waals surface area (Å²) in [5, 5.41) is 9.64. The van der Waals surface area contributed by atoms with Gasteiger partial charge in [-0.3, -0.25) is 4.79 Å². The van der Waals surface area contributed by atoms with Crippen LogP contribution in [0, 0.1) is 12.8 Å². The topological polar surface area (TPSA) is 37.3 Å². The van der Waals surface area contributed by atoms with E-state index in [1.165, 1.54) is 6.07 Å². The monoisotopic (exact) mass is 212 g/mol. The molecule has 0 aliphatic heterocycles. The van der Waals surface area contributed by atoms with Crippen molar-refractivity contribution < 1.29 is 9.90 Å². The van der Waals surface area contributed by atoms with E-state index in [9.17, 15) is 9.90 Å². The fourth-order valence-electron chi connectivity index (χ4n) is 1.21. The van der Waals surface area contributed by atoms with Crippen molar-refractivity contribution in [1.29, 1.82) is 0 Å². The van der Waals surface area contributed by atoms with Crippen LogP contribution in [-0.4, -0.2) is 10.9 Å². The zero-order chi connectivity index (χ0) is 10.9. The highest BCUT2D eigenvalue weighted by Crippen LogP contribution is 2.29. The third kappa shape index (κ3) is 2.07. The number of carbonyl (C=O) groups is 1. The summed E-state index contributed by atoms with van der Waals surface area (Å²) in [7, 11) is 0. The van der Waals surface area contributed by atoms with Gasteiger partial charge >= 0.3 is 0 Å². The Kier molecular flexibility index (Phi) is 3.17. The average molecular weight is 213 g/mol. The number of phenolic OH excluding ortho intramolecular Hbond substituents is 1. The van der Waals surface area contributed by atoms with Gasteiger partial charge in [0.1, 0.15) is 5.75 Å². The Bertz CT molecular complexity index is 347. The molecule has 0 heterocycles. The predicted octanol–water partition coefficient (Wildman–Crippen LogP) is 3.19. The molecule has 0 fully saturated rings. The van der Waals surface area contributed by atoms with E-state index in [0.717, 1.165) is 0 Å². The molecule has 1 aromatic carbocycles. The Morgan fingerprint density at radius 2 is 2.00 bits per heavy atom. The molecular formula is C11H13ClO2. The Balaban J connectivity index is 3.19. The van der Waals surface area contributed by atoms with Gasteiger partial charge in [-0.05, 0) is 24.6 Å². The number of hydrogen-bond acceptors (Lipinski definition) is 2. The molecule has 0 aromatic heterocycles. The van der Waals surface area contributed by atoms with Crippen LogP contribution in [0.15, 0.2) is 12.1 Å². The van der Waals surface area contributed by atoms with E-state index >= 15 is 0 Å². The minimum atomic E-state index is -0.0602. The zero-order valence-corrected chi connectivity index (χ0v) is 9.22. The summed E-state index contributed by atoms with van der Waals surface area (Å²) < 4.78 is 0. The van der Waals surface area contributed by atoms with Gasteiger partial charge in [-0.25, -0.2) is 0 Å². The summed E-state index contributed by atoms with van der Waals surface area (Å²) in [6.45, 7) is 5.38. The number of phenols is 1. The largest absolute Gasteiger partial charge is 0.506 e. The van der Waals surface area contributed by atoms with Crippen molar-refractivity contribution in [3.8, 4) is 5.75 Å². The number of halogens is 1. The molecule has 0 aliphatic rings. The van der Waals surface area contributed by atoms with Crippen LogP contribution in [0.4, 0.5) is 0 Å². The molecule has 0 radical (unpaired) electrons. The van der Waals surface area contributed by atoms with Crippen molar-refractivity contribution in [2.45, 2.75) is 20.8 Å². The van der Waals surface area contributed by atoms with Gasteiger partial charge < -0.3 is 5.11 Å². The minimum Gasteiger partial charge on any atom is -0.506 e. The van der Waals surface area contributed by atoms with Gasteiger partial charge in [0.05, 0.1) is 5.02 Å². The van der Waals surface area contributed by atoms with Crippen LogP contribution < -0.4 is 0 Å². The quantitative estimate of drug-likeness (QED) is 0.765. The lowest BCUT2D eigenvalue weighted by Crippen LogP contribution is -2.07. The molecule has 0 bridgehead atoms. The molecule has 2 nitrogen and oxygen atoms in total. The minimum absolute atomic E-state index is 0.0370. The van der Waals surface area contributed by atoms with Crippen LogP contribution in [0.1, 0.15) is 29.8 Å². The Morgan fingerprint density at radius 1 is 1.43 bits per heavy atom. The number of ketones is 1. The molecule has 0 aliphatic carbocycles. The average Bonchev–Trinajstić information content (AvgIpc) is 2.12. The molecule has 0 spiro atoms. The van der Waals surface area contributed by atoms with Crippen molar-refractivity contribution in [3.63, 3.8) is 0 Å². The second-order valence-electron chi connectivity index (χ2n) is 3.64. The lowest BCUT2D eigenvalue weighted by molar-refractivity contribution is 0.0939. The van der Waals surface area contributed by atoms with Crippen molar-refractivity contribution in [2.24, 2.45) is 5.92 Å². The van der Waals surface area contributed by atoms with Crippen LogP contribution in [0.3, 0.4) is 0 Å². The fraction of sp³-hybridized carbons (Fsp3) is 0.364. The highest BCUT2D eigenvalue weighted by Gasteiger charge is 2.13. The standard InChI is InChI=1S/C11H13ClO2/c1-6(2)10(13)8-4-7(3)11(14)9(12)5-8/h4-6,14H,1-3H3. The third-order valence-electron chi connectivity index (χ3n) is 2.06. The number of benzene rings is 1. The molecule has 1 N–H and O–H groups in total. The first-order valence-corrected chi connectivity index (χ1v) is 4.84. The molecule has 1 aromatic rings. The van der Waals surface area contributed by atoms with E-state index in [0.29, 0.717) is 11.1 Å². The third-order valence-corrected chi connectivity index (χ3v) is 2.35. The summed E-state index contributed by atoms with van der Waals surface area (Å²) in [4.78, 5) is 11.6. The van der Waals surface area contributed by atoms with Crippen LogP contribution in [-0.2, 0) is 0 Å². The molecule has 0 unspecified atom stereocenters. The molecule has 0 saturated heterocycles. The lowest BCUT2D eigenvalue weighted by Gasteiger charge is -2.07. The second-order valence-corrected chi connectivity index (χ2v) is 4.05. The highest BCUT2D eigenvalue weighted by atomic mass is 35.5. The van der Waals surface area contributed by atoms with E-state index in [-0.39, 0.29) is 22.5 Å².